The van der Waals surface area contributed by atoms with Gasteiger partial charge in [-0.3, -0.25) is 5.41 Å². The number of rotatable bonds is 3. The maximum atomic E-state index is 6.95. The van der Waals surface area contributed by atoms with E-state index in [1.165, 1.54) is 0 Å². The fraction of sp³-hybridized carbons (Fsp3) is 0.125. The second kappa shape index (κ2) is 4.35. The molecule has 0 spiro atoms. The zero-order valence-electron chi connectivity index (χ0n) is 6.68. The van der Waals surface area contributed by atoms with E-state index in [0.717, 1.165) is 0 Å². The van der Waals surface area contributed by atoms with Gasteiger partial charge in [0.1, 0.15) is 12.4 Å². The number of ether oxygens (including phenoxy) is 1. The van der Waals surface area contributed by atoms with Gasteiger partial charge in [-0.05, 0) is 12.1 Å². The lowest BCUT2D eigenvalue weighted by Gasteiger charge is -2.07. The van der Waals surface area contributed by atoms with Crippen molar-refractivity contribution < 1.29 is 4.74 Å². The van der Waals surface area contributed by atoms with Crippen LogP contribution in [0.5, 0.6) is 5.75 Å². The summed E-state index contributed by atoms with van der Waals surface area (Å²) in [6.45, 7) is -0.0105. The summed E-state index contributed by atoms with van der Waals surface area (Å²) in [7, 11) is 0. The van der Waals surface area contributed by atoms with Gasteiger partial charge in [0, 0.05) is 0 Å². The van der Waals surface area contributed by atoms with Crippen LogP contribution in [0.3, 0.4) is 0 Å². The third-order valence-corrected chi connectivity index (χ3v) is 1.89. The Morgan fingerprint density at radius 2 is 1.92 bits per heavy atom. The maximum Gasteiger partial charge on any atom is 0.157 e. The minimum Gasteiger partial charge on any atom is -0.483 e. The summed E-state index contributed by atoms with van der Waals surface area (Å²) < 4.78 is 5.12. The standard InChI is InChI=1S/C8H8Cl2N2O/c9-5-2-1-3-6(10)8(5)13-4-7(11)12/h1-3H,4H2,(H3,11,12). The van der Waals surface area contributed by atoms with E-state index in [-0.39, 0.29) is 12.4 Å². The van der Waals surface area contributed by atoms with Crippen LogP contribution in [-0.4, -0.2) is 12.4 Å². The molecule has 0 atom stereocenters. The van der Waals surface area contributed by atoms with Crippen LogP contribution in [0.15, 0.2) is 18.2 Å². The number of halogens is 2. The normalized spacial score (nSPS) is 9.69. The van der Waals surface area contributed by atoms with E-state index in [9.17, 15) is 0 Å². The molecule has 0 saturated heterocycles. The summed E-state index contributed by atoms with van der Waals surface area (Å²) in [6.07, 6.45) is 0. The smallest absolute Gasteiger partial charge is 0.157 e. The molecule has 0 heterocycles. The molecule has 1 aromatic rings. The summed E-state index contributed by atoms with van der Waals surface area (Å²) in [6, 6.07) is 5.02. The Hall–Kier alpha value is -0.930. The van der Waals surface area contributed by atoms with Crippen molar-refractivity contribution in [1.82, 2.24) is 0 Å². The van der Waals surface area contributed by atoms with Crippen LogP contribution >= 0.6 is 23.2 Å². The van der Waals surface area contributed by atoms with Gasteiger partial charge in [0.25, 0.3) is 0 Å². The number of benzene rings is 1. The number of amidine groups is 1. The molecule has 0 aliphatic carbocycles. The molecule has 1 rings (SSSR count). The first-order chi connectivity index (χ1) is 6.11. The van der Waals surface area contributed by atoms with Crippen LogP contribution < -0.4 is 10.5 Å². The molecule has 0 saturated carbocycles. The van der Waals surface area contributed by atoms with E-state index >= 15 is 0 Å². The highest BCUT2D eigenvalue weighted by atomic mass is 35.5. The van der Waals surface area contributed by atoms with Gasteiger partial charge in [0.2, 0.25) is 0 Å². The molecule has 0 aliphatic rings. The van der Waals surface area contributed by atoms with Crippen molar-refractivity contribution in [3.63, 3.8) is 0 Å². The van der Waals surface area contributed by atoms with Crippen molar-refractivity contribution in [2.75, 3.05) is 6.61 Å². The molecule has 3 nitrogen and oxygen atoms in total. The lowest BCUT2D eigenvalue weighted by atomic mass is 10.3. The molecular formula is C8H8Cl2N2O. The highest BCUT2D eigenvalue weighted by molar-refractivity contribution is 6.37. The lowest BCUT2D eigenvalue weighted by Crippen LogP contribution is -2.19. The first kappa shape index (κ1) is 10.2. The van der Waals surface area contributed by atoms with E-state index in [0.29, 0.717) is 15.8 Å². The molecule has 70 valence electrons. The average Bonchev–Trinajstić information content (AvgIpc) is 2.03. The molecule has 0 fully saturated rings. The highest BCUT2D eigenvalue weighted by Gasteiger charge is 2.06. The molecule has 0 amide bonds. The van der Waals surface area contributed by atoms with Gasteiger partial charge in [0.15, 0.2) is 5.75 Å². The Balaban J connectivity index is 2.81. The van der Waals surface area contributed by atoms with Gasteiger partial charge in [-0.25, -0.2) is 0 Å². The summed E-state index contributed by atoms with van der Waals surface area (Å²) in [4.78, 5) is 0. The molecule has 13 heavy (non-hydrogen) atoms. The van der Waals surface area contributed by atoms with Crippen LogP contribution in [0, 0.1) is 5.41 Å². The van der Waals surface area contributed by atoms with Gasteiger partial charge >= 0.3 is 0 Å². The maximum absolute atomic E-state index is 6.95. The summed E-state index contributed by atoms with van der Waals surface area (Å²) >= 11 is 11.6. The Labute approximate surface area is 85.9 Å². The molecule has 1 aromatic carbocycles. The average molecular weight is 219 g/mol. The number of hydrogen-bond donors (Lipinski definition) is 2. The van der Waals surface area contributed by atoms with Crippen molar-refractivity contribution in [1.29, 1.82) is 5.41 Å². The number of hydrogen-bond acceptors (Lipinski definition) is 2. The van der Waals surface area contributed by atoms with Crippen molar-refractivity contribution in [3.05, 3.63) is 28.2 Å². The number of nitrogens with two attached hydrogens (primary N) is 1. The van der Waals surface area contributed by atoms with Gasteiger partial charge in [-0.1, -0.05) is 29.3 Å². The molecule has 0 bridgehead atoms. The van der Waals surface area contributed by atoms with E-state index in [1.807, 2.05) is 0 Å². The van der Waals surface area contributed by atoms with Gasteiger partial charge in [-0.15, -0.1) is 0 Å². The largest absolute Gasteiger partial charge is 0.483 e. The second-order valence-electron chi connectivity index (χ2n) is 2.36. The molecule has 5 heteroatoms. The monoisotopic (exact) mass is 218 g/mol. The van der Waals surface area contributed by atoms with E-state index in [4.69, 9.17) is 39.1 Å². The first-order valence-electron chi connectivity index (χ1n) is 3.51. The zero-order valence-corrected chi connectivity index (χ0v) is 8.19. The molecule has 0 aromatic heterocycles. The third-order valence-electron chi connectivity index (χ3n) is 1.29. The fourth-order valence-corrected chi connectivity index (χ4v) is 1.28. The topological polar surface area (TPSA) is 59.1 Å². The van der Waals surface area contributed by atoms with Crippen LogP contribution in [0.4, 0.5) is 0 Å². The highest BCUT2D eigenvalue weighted by Crippen LogP contribution is 2.31. The van der Waals surface area contributed by atoms with Crippen LogP contribution in [0.1, 0.15) is 0 Å². The summed E-state index contributed by atoms with van der Waals surface area (Å²) in [5, 5.41) is 7.77. The van der Waals surface area contributed by atoms with Gasteiger partial charge < -0.3 is 10.5 Å². The minimum absolute atomic E-state index is 0.0105. The second-order valence-corrected chi connectivity index (χ2v) is 3.18. The van der Waals surface area contributed by atoms with Gasteiger partial charge in [-0.2, -0.15) is 0 Å². The Morgan fingerprint density at radius 1 is 1.38 bits per heavy atom. The minimum atomic E-state index is -0.0732. The number of nitrogens with one attached hydrogen (secondary N) is 1. The summed E-state index contributed by atoms with van der Waals surface area (Å²) in [5.41, 5.74) is 5.11. The first-order valence-corrected chi connectivity index (χ1v) is 4.26. The van der Waals surface area contributed by atoms with E-state index < -0.39 is 0 Å². The predicted molar refractivity (Wildman–Crippen MR) is 53.9 cm³/mol. The zero-order chi connectivity index (χ0) is 9.84. The van der Waals surface area contributed by atoms with Crippen molar-refractivity contribution in [2.45, 2.75) is 0 Å². The van der Waals surface area contributed by atoms with E-state index in [1.54, 1.807) is 18.2 Å². The quantitative estimate of drug-likeness (QED) is 0.605. The summed E-state index contributed by atoms with van der Waals surface area (Å²) in [5.74, 6) is 0.289. The number of para-hydroxylation sites is 1. The Morgan fingerprint density at radius 3 is 2.38 bits per heavy atom. The third kappa shape index (κ3) is 2.79. The molecule has 0 aliphatic heterocycles. The molecule has 0 radical (unpaired) electrons. The molecule has 0 unspecified atom stereocenters. The predicted octanol–water partition coefficient (Wildman–Crippen LogP) is 2.31. The Bertz CT molecular complexity index is 308. The lowest BCUT2D eigenvalue weighted by molar-refractivity contribution is 0.375. The fourth-order valence-electron chi connectivity index (χ4n) is 0.770. The van der Waals surface area contributed by atoms with Crippen LogP contribution in [0.25, 0.3) is 0 Å². The van der Waals surface area contributed by atoms with E-state index in [2.05, 4.69) is 0 Å². The molecule has 3 N–H and O–H groups in total. The van der Waals surface area contributed by atoms with Crippen molar-refractivity contribution in [2.24, 2.45) is 5.73 Å². The molecular weight excluding hydrogens is 211 g/mol. The Kier molecular flexibility index (Phi) is 3.39. The van der Waals surface area contributed by atoms with Crippen LogP contribution in [-0.2, 0) is 0 Å². The van der Waals surface area contributed by atoms with Crippen LogP contribution in [0.2, 0.25) is 10.0 Å². The van der Waals surface area contributed by atoms with Gasteiger partial charge in [0.05, 0.1) is 10.0 Å². The van der Waals surface area contributed by atoms with Crippen molar-refractivity contribution >= 4 is 29.0 Å². The van der Waals surface area contributed by atoms with Crippen molar-refractivity contribution in [3.8, 4) is 5.75 Å². The SMILES string of the molecule is N=C(N)COc1c(Cl)cccc1Cl.